The predicted octanol–water partition coefficient (Wildman–Crippen LogP) is 1.21. The first-order valence-electron chi connectivity index (χ1n) is 2.38. The van der Waals surface area contributed by atoms with E-state index in [1.165, 1.54) is 27.9 Å². The number of carboxylic acid groups (broad SMARTS) is 2. The van der Waals surface area contributed by atoms with Crippen molar-refractivity contribution in [2.75, 3.05) is 0 Å². The van der Waals surface area contributed by atoms with Crippen LogP contribution >= 0.6 is 0 Å². The minimum absolute atomic E-state index is 0.972. The molecule has 0 aliphatic rings. The fourth-order valence-electron chi connectivity index (χ4n) is 0. The Bertz CT molecular complexity index is 55.5. The maximum atomic E-state index is 8.56. The summed E-state index contributed by atoms with van der Waals surface area (Å²) < 4.78 is 0.972. The first-order chi connectivity index (χ1) is 3.46. The van der Waals surface area contributed by atoms with Crippen LogP contribution in [0.2, 0.25) is 3.17 Å². The maximum absolute atomic E-state index is 8.56. The summed E-state index contributed by atoms with van der Waals surface area (Å²) in [7, 11) is 0. The van der Waals surface area contributed by atoms with E-state index in [-0.39, 0.29) is 0 Å². The topological polar surface area (TPSA) is 57.5 Å². The van der Waals surface area contributed by atoms with Crippen LogP contribution in [0.5, 0.6) is 0 Å². The Morgan fingerprint density at radius 3 is 1.50 bits per heavy atom. The Hall–Kier alpha value is 0.270. The van der Waals surface area contributed by atoms with Crippen LogP contribution in [0.25, 0.3) is 0 Å². The van der Waals surface area contributed by atoms with Gasteiger partial charge < -0.3 is 10.2 Å². The average molecular weight is 128 g/mol. The molecule has 0 aliphatic heterocycles. The molecule has 0 unspecified atom stereocenters. The normalized spacial score (nSPS) is 7.62. The first-order valence-corrected chi connectivity index (χ1v) is 3.54. The van der Waals surface area contributed by atoms with Crippen LogP contribution < -0.4 is 0 Å². The van der Waals surface area contributed by atoms with Crippen molar-refractivity contribution in [2.24, 2.45) is 0 Å². The third-order valence-electron chi connectivity index (χ3n) is 0. The van der Waals surface area contributed by atoms with E-state index in [9.17, 15) is 0 Å². The molecular formula is C4H9NaO3. The average Bonchev–Trinajstić information content (AvgIpc) is 1.25. The summed E-state index contributed by atoms with van der Waals surface area (Å²) in [6, 6.07) is 0. The van der Waals surface area contributed by atoms with Crippen molar-refractivity contribution in [3.05, 3.63) is 0 Å². The molecule has 44 valence electrons. The van der Waals surface area contributed by atoms with E-state index in [2.05, 4.69) is 13.8 Å². The van der Waals surface area contributed by atoms with E-state index in [1.54, 1.807) is 0 Å². The zero-order valence-corrected chi connectivity index (χ0v) is 7.38. The number of carbonyl (C=O) groups is 1. The zero-order chi connectivity index (χ0) is 7.15. The third-order valence-corrected chi connectivity index (χ3v) is 0. The van der Waals surface area contributed by atoms with Gasteiger partial charge in [-0.15, -0.1) is 0 Å². The van der Waals surface area contributed by atoms with E-state index in [1.807, 2.05) is 0 Å². The molecule has 0 aromatic rings. The number of rotatable bonds is 0. The quantitative estimate of drug-likeness (QED) is 0.482. The zero-order valence-electron chi connectivity index (χ0n) is 5.38. The number of hydrogen-bond donors (Lipinski definition) is 2. The van der Waals surface area contributed by atoms with Crippen molar-refractivity contribution in [3.8, 4) is 0 Å². The van der Waals surface area contributed by atoms with E-state index >= 15 is 0 Å². The first kappa shape index (κ1) is 11.1. The Labute approximate surface area is 66.1 Å². The minimum Gasteiger partial charge on any atom is -0.450 e. The van der Waals surface area contributed by atoms with Crippen molar-refractivity contribution in [1.82, 2.24) is 0 Å². The molecule has 0 fully saturated rings. The number of hydrogen-bond acceptors (Lipinski definition) is 1. The second-order valence-electron chi connectivity index (χ2n) is 2.01. The Balaban J connectivity index is 0. The van der Waals surface area contributed by atoms with E-state index in [0.717, 1.165) is 3.17 Å². The van der Waals surface area contributed by atoms with Gasteiger partial charge in [0.15, 0.2) is 0 Å². The molecule has 0 saturated heterocycles. The molecule has 0 bridgehead atoms. The van der Waals surface area contributed by atoms with Crippen LogP contribution in [0.4, 0.5) is 4.79 Å². The van der Waals surface area contributed by atoms with Gasteiger partial charge in [-0.1, -0.05) is 0 Å². The molecule has 0 amide bonds. The molecule has 0 aliphatic carbocycles. The fraction of sp³-hybridized carbons (Fsp3) is 0.750. The third kappa shape index (κ3) is 2390. The van der Waals surface area contributed by atoms with E-state index < -0.39 is 6.16 Å². The Kier molecular flexibility index (Phi) is 10.1. The smallest absolute Gasteiger partial charge is 0.450 e. The molecule has 0 rings (SSSR count). The van der Waals surface area contributed by atoms with Crippen LogP contribution in [-0.2, 0) is 0 Å². The van der Waals surface area contributed by atoms with Gasteiger partial charge in [0.25, 0.3) is 0 Å². The standard InChI is InChI=1S/C3H7.CH2O3.Na/c1-3-2;2-1(3)4;/h3H,1-2H3;(H2,2,3,4);. The van der Waals surface area contributed by atoms with Crippen LogP contribution in [0.15, 0.2) is 0 Å². The van der Waals surface area contributed by atoms with Crippen LogP contribution in [0.1, 0.15) is 13.8 Å². The van der Waals surface area contributed by atoms with Gasteiger partial charge in [0.2, 0.25) is 0 Å². The molecule has 0 aromatic heterocycles. The molecule has 4 heteroatoms. The van der Waals surface area contributed by atoms with Gasteiger partial charge in [0.1, 0.15) is 0 Å². The second kappa shape index (κ2) is 7.27. The summed E-state index contributed by atoms with van der Waals surface area (Å²) in [6.45, 7) is 4.46. The van der Waals surface area contributed by atoms with E-state index in [4.69, 9.17) is 15.0 Å². The van der Waals surface area contributed by atoms with Gasteiger partial charge in [-0.2, -0.15) is 0 Å². The largest absolute Gasteiger partial charge is 0.503 e. The molecule has 0 spiro atoms. The van der Waals surface area contributed by atoms with Crippen molar-refractivity contribution < 1.29 is 15.0 Å². The van der Waals surface area contributed by atoms with E-state index in [0.29, 0.717) is 0 Å². The molecule has 0 radical (unpaired) electrons. The van der Waals surface area contributed by atoms with Gasteiger partial charge in [0, 0.05) is 0 Å². The van der Waals surface area contributed by atoms with Gasteiger partial charge in [0.05, 0.1) is 0 Å². The summed E-state index contributed by atoms with van der Waals surface area (Å²) >= 11 is 1.35. The molecule has 0 aromatic carbocycles. The summed E-state index contributed by atoms with van der Waals surface area (Å²) in [5.41, 5.74) is 0. The second-order valence-corrected chi connectivity index (χ2v) is 4.32. The van der Waals surface area contributed by atoms with Crippen LogP contribution in [-0.4, -0.2) is 44.3 Å². The summed E-state index contributed by atoms with van der Waals surface area (Å²) in [6.07, 6.45) is -1.83. The summed E-state index contributed by atoms with van der Waals surface area (Å²) in [5.74, 6) is 0. The van der Waals surface area contributed by atoms with Crippen LogP contribution in [0.3, 0.4) is 0 Å². The molecule has 3 nitrogen and oxygen atoms in total. The molecule has 0 saturated carbocycles. The molecule has 0 heterocycles. The Morgan fingerprint density at radius 2 is 1.50 bits per heavy atom. The van der Waals surface area contributed by atoms with Crippen molar-refractivity contribution >= 4 is 34.1 Å². The summed E-state index contributed by atoms with van der Waals surface area (Å²) in [5, 5.41) is 13.9. The molecular weight excluding hydrogens is 119 g/mol. The van der Waals surface area contributed by atoms with Gasteiger partial charge in [-0.05, 0) is 0 Å². The van der Waals surface area contributed by atoms with Crippen molar-refractivity contribution in [3.63, 3.8) is 0 Å². The van der Waals surface area contributed by atoms with Crippen LogP contribution in [0, 0.1) is 0 Å². The fourth-order valence-corrected chi connectivity index (χ4v) is 0. The molecule has 8 heavy (non-hydrogen) atoms. The molecule has 2 N–H and O–H groups in total. The Morgan fingerprint density at radius 1 is 1.50 bits per heavy atom. The SMILES string of the molecule is C[CH](C)[Na].O=C(O)O. The minimum atomic E-state index is -1.83. The van der Waals surface area contributed by atoms with Gasteiger partial charge in [-0.3, -0.25) is 0 Å². The van der Waals surface area contributed by atoms with Crippen molar-refractivity contribution in [2.45, 2.75) is 17.0 Å². The molecule has 0 atom stereocenters. The summed E-state index contributed by atoms with van der Waals surface area (Å²) in [4.78, 5) is 8.56. The maximum Gasteiger partial charge on any atom is 0.503 e. The van der Waals surface area contributed by atoms with Gasteiger partial charge >= 0.3 is 51.1 Å². The van der Waals surface area contributed by atoms with Gasteiger partial charge in [-0.25, -0.2) is 4.79 Å². The van der Waals surface area contributed by atoms with Crippen molar-refractivity contribution in [1.29, 1.82) is 0 Å². The predicted molar refractivity (Wildman–Crippen MR) is 31.5 cm³/mol. The monoisotopic (exact) mass is 128 g/mol.